The van der Waals surface area contributed by atoms with E-state index in [1.807, 2.05) is 6.07 Å². The van der Waals surface area contributed by atoms with Crippen LogP contribution < -0.4 is 4.74 Å². The minimum absolute atomic E-state index is 0.0241. The number of hydrogen-bond acceptors (Lipinski definition) is 3. The van der Waals surface area contributed by atoms with Crippen molar-refractivity contribution in [1.82, 2.24) is 4.98 Å². The van der Waals surface area contributed by atoms with E-state index in [1.165, 1.54) is 24.4 Å². The van der Waals surface area contributed by atoms with Crippen molar-refractivity contribution in [1.29, 1.82) is 0 Å². The fourth-order valence-electron chi connectivity index (χ4n) is 3.43. The molecule has 1 heterocycles. The van der Waals surface area contributed by atoms with Gasteiger partial charge in [-0.05, 0) is 41.5 Å². The number of para-hydroxylation sites is 1. The van der Waals surface area contributed by atoms with E-state index >= 15 is 0 Å². The van der Waals surface area contributed by atoms with Gasteiger partial charge in [0, 0.05) is 22.7 Å². The molecule has 4 aromatic rings. The SMILES string of the molecule is COc1cccc(-c2cnc3c(C(F)(F)F)cccc3c2-c2cccc(O)c2)c1. The molecule has 4 rings (SSSR count). The van der Waals surface area contributed by atoms with Gasteiger partial charge < -0.3 is 9.84 Å². The van der Waals surface area contributed by atoms with Gasteiger partial charge in [-0.15, -0.1) is 0 Å². The number of phenols is 1. The third-order valence-electron chi connectivity index (χ3n) is 4.72. The number of nitrogens with zero attached hydrogens (tertiary/aromatic N) is 1. The van der Waals surface area contributed by atoms with Gasteiger partial charge in [0.15, 0.2) is 0 Å². The maximum atomic E-state index is 13.5. The van der Waals surface area contributed by atoms with Crippen molar-refractivity contribution < 1.29 is 23.0 Å². The zero-order chi connectivity index (χ0) is 20.6. The van der Waals surface area contributed by atoms with E-state index in [1.54, 1.807) is 43.5 Å². The quantitative estimate of drug-likeness (QED) is 0.443. The smallest absolute Gasteiger partial charge is 0.418 e. The Labute approximate surface area is 165 Å². The van der Waals surface area contributed by atoms with Crippen LogP contribution in [-0.2, 0) is 6.18 Å². The first-order chi connectivity index (χ1) is 13.9. The van der Waals surface area contributed by atoms with E-state index < -0.39 is 11.7 Å². The number of phenolic OH excluding ortho intramolecular Hbond substituents is 1. The molecule has 0 spiro atoms. The number of fused-ring (bicyclic) bond motifs is 1. The molecule has 29 heavy (non-hydrogen) atoms. The van der Waals surface area contributed by atoms with E-state index in [9.17, 15) is 18.3 Å². The average molecular weight is 395 g/mol. The van der Waals surface area contributed by atoms with E-state index in [4.69, 9.17) is 4.74 Å². The highest BCUT2D eigenvalue weighted by Gasteiger charge is 2.33. The maximum absolute atomic E-state index is 13.5. The molecule has 1 N–H and O–H groups in total. The van der Waals surface area contributed by atoms with Crippen molar-refractivity contribution in [2.45, 2.75) is 6.18 Å². The highest BCUT2D eigenvalue weighted by molar-refractivity contribution is 6.03. The minimum atomic E-state index is -4.53. The van der Waals surface area contributed by atoms with E-state index in [0.29, 0.717) is 27.8 Å². The van der Waals surface area contributed by atoms with Crippen LogP contribution in [0.25, 0.3) is 33.2 Å². The third-order valence-corrected chi connectivity index (χ3v) is 4.72. The van der Waals surface area contributed by atoms with Gasteiger partial charge in [0.1, 0.15) is 11.5 Å². The number of alkyl halides is 3. The molecule has 0 aliphatic carbocycles. The number of rotatable bonds is 3. The molecule has 0 saturated carbocycles. The van der Waals surface area contributed by atoms with Crippen LogP contribution in [0.3, 0.4) is 0 Å². The standard InChI is InChI=1S/C23H16F3NO2/c1-29-17-8-3-5-14(12-17)19-13-27-22-18(9-4-10-20(22)23(24,25)26)21(19)15-6-2-7-16(28)11-15/h2-13,28H,1H3. The first-order valence-electron chi connectivity index (χ1n) is 8.81. The number of aromatic nitrogens is 1. The van der Waals surface area contributed by atoms with Gasteiger partial charge >= 0.3 is 6.18 Å². The Bertz CT molecular complexity index is 1200. The summed E-state index contributed by atoms with van der Waals surface area (Å²) in [6.07, 6.45) is -3.09. The second-order valence-electron chi connectivity index (χ2n) is 6.53. The van der Waals surface area contributed by atoms with Gasteiger partial charge in [-0.2, -0.15) is 13.2 Å². The average Bonchev–Trinajstić information content (AvgIpc) is 2.71. The van der Waals surface area contributed by atoms with Crippen LogP contribution in [0.2, 0.25) is 0 Å². The summed E-state index contributed by atoms with van der Waals surface area (Å²) in [7, 11) is 1.55. The number of methoxy groups -OCH3 is 1. The minimum Gasteiger partial charge on any atom is -0.508 e. The predicted octanol–water partition coefficient (Wildman–Crippen LogP) is 6.30. The first kappa shape index (κ1) is 18.8. The topological polar surface area (TPSA) is 42.4 Å². The van der Waals surface area contributed by atoms with Crippen LogP contribution in [0.1, 0.15) is 5.56 Å². The molecule has 0 atom stereocenters. The van der Waals surface area contributed by atoms with Crippen LogP contribution in [0.4, 0.5) is 13.2 Å². The number of pyridine rings is 1. The van der Waals surface area contributed by atoms with Crippen LogP contribution in [0, 0.1) is 0 Å². The normalized spacial score (nSPS) is 11.6. The van der Waals surface area contributed by atoms with Crippen molar-refractivity contribution in [2.24, 2.45) is 0 Å². The molecule has 0 aliphatic rings. The Morgan fingerprint density at radius 2 is 1.62 bits per heavy atom. The molecule has 3 aromatic carbocycles. The Kier molecular flexibility index (Phi) is 4.62. The lowest BCUT2D eigenvalue weighted by Crippen LogP contribution is -2.07. The summed E-state index contributed by atoms with van der Waals surface area (Å²) in [5.41, 5.74) is 1.61. The molecule has 0 unspecified atom stereocenters. The van der Waals surface area contributed by atoms with Gasteiger partial charge in [0.2, 0.25) is 0 Å². The Hall–Kier alpha value is -3.54. The van der Waals surface area contributed by atoms with Crippen LogP contribution >= 0.6 is 0 Å². The highest BCUT2D eigenvalue weighted by Crippen LogP contribution is 2.42. The van der Waals surface area contributed by atoms with Gasteiger partial charge in [0.05, 0.1) is 18.2 Å². The first-order valence-corrected chi connectivity index (χ1v) is 8.81. The number of ether oxygens (including phenoxy) is 1. The van der Waals surface area contributed by atoms with Crippen molar-refractivity contribution in [2.75, 3.05) is 7.11 Å². The molecule has 6 heteroatoms. The van der Waals surface area contributed by atoms with Crippen molar-refractivity contribution in [3.8, 4) is 33.8 Å². The zero-order valence-corrected chi connectivity index (χ0v) is 15.4. The number of hydrogen-bond donors (Lipinski definition) is 1. The molecule has 0 saturated heterocycles. The molecule has 0 amide bonds. The number of aromatic hydroxyl groups is 1. The van der Waals surface area contributed by atoms with Gasteiger partial charge in [-0.3, -0.25) is 4.98 Å². The molecule has 3 nitrogen and oxygen atoms in total. The second-order valence-corrected chi connectivity index (χ2v) is 6.53. The summed E-state index contributed by atoms with van der Waals surface area (Å²) in [5.74, 6) is 0.643. The molecule has 1 aromatic heterocycles. The Morgan fingerprint density at radius 1 is 0.897 bits per heavy atom. The van der Waals surface area contributed by atoms with E-state index in [2.05, 4.69) is 4.98 Å². The molecule has 0 bridgehead atoms. The largest absolute Gasteiger partial charge is 0.508 e. The van der Waals surface area contributed by atoms with Crippen molar-refractivity contribution in [3.05, 3.63) is 78.5 Å². The van der Waals surface area contributed by atoms with Gasteiger partial charge in [-0.1, -0.05) is 36.4 Å². The lowest BCUT2D eigenvalue weighted by Gasteiger charge is -2.17. The highest BCUT2D eigenvalue weighted by atomic mass is 19.4. The fourth-order valence-corrected chi connectivity index (χ4v) is 3.43. The van der Waals surface area contributed by atoms with Gasteiger partial charge in [0.25, 0.3) is 0 Å². The molecule has 146 valence electrons. The summed E-state index contributed by atoms with van der Waals surface area (Å²) < 4.78 is 45.9. The monoisotopic (exact) mass is 395 g/mol. The Morgan fingerprint density at radius 3 is 2.34 bits per heavy atom. The number of halogens is 3. The van der Waals surface area contributed by atoms with E-state index in [0.717, 1.165) is 11.6 Å². The number of benzene rings is 3. The van der Waals surface area contributed by atoms with Gasteiger partial charge in [-0.25, -0.2) is 0 Å². The fraction of sp³-hybridized carbons (Fsp3) is 0.0870. The molecule has 0 fully saturated rings. The molecular weight excluding hydrogens is 379 g/mol. The van der Waals surface area contributed by atoms with Crippen LogP contribution in [0.5, 0.6) is 11.5 Å². The summed E-state index contributed by atoms with van der Waals surface area (Å²) in [6, 6.07) is 17.7. The summed E-state index contributed by atoms with van der Waals surface area (Å²) >= 11 is 0. The lowest BCUT2D eigenvalue weighted by atomic mass is 9.91. The summed E-state index contributed by atoms with van der Waals surface area (Å²) in [5, 5.41) is 10.3. The summed E-state index contributed by atoms with van der Waals surface area (Å²) in [4.78, 5) is 4.16. The van der Waals surface area contributed by atoms with Crippen LogP contribution in [-0.4, -0.2) is 17.2 Å². The van der Waals surface area contributed by atoms with E-state index in [-0.39, 0.29) is 11.3 Å². The predicted molar refractivity (Wildman–Crippen MR) is 106 cm³/mol. The lowest BCUT2D eigenvalue weighted by molar-refractivity contribution is -0.136. The van der Waals surface area contributed by atoms with Crippen molar-refractivity contribution in [3.63, 3.8) is 0 Å². The summed E-state index contributed by atoms with van der Waals surface area (Å²) in [6.45, 7) is 0. The maximum Gasteiger partial charge on any atom is 0.418 e. The second kappa shape index (κ2) is 7.13. The molecule has 0 aliphatic heterocycles. The molecular formula is C23H16F3NO2. The van der Waals surface area contributed by atoms with Crippen molar-refractivity contribution >= 4 is 10.9 Å². The zero-order valence-electron chi connectivity index (χ0n) is 15.4. The third kappa shape index (κ3) is 3.49. The molecule has 0 radical (unpaired) electrons. The van der Waals surface area contributed by atoms with Crippen LogP contribution in [0.15, 0.2) is 72.9 Å². The Balaban J connectivity index is 2.10.